The molecule has 2 N–H and O–H groups in total. The molecule has 5 nitrogen and oxygen atoms in total. The van der Waals surface area contributed by atoms with Crippen LogP contribution in [0.4, 0.5) is 0 Å². The molecule has 0 saturated carbocycles. The first kappa shape index (κ1) is 15.3. The molecule has 1 aromatic heterocycles. The van der Waals surface area contributed by atoms with E-state index in [-0.39, 0.29) is 18.4 Å². The summed E-state index contributed by atoms with van der Waals surface area (Å²) in [5, 5.41) is 4.40. The highest BCUT2D eigenvalue weighted by atomic mass is 35.5. The van der Waals surface area contributed by atoms with Gasteiger partial charge in [0.05, 0.1) is 18.4 Å². The van der Waals surface area contributed by atoms with Gasteiger partial charge in [0, 0.05) is 32.7 Å². The average molecular weight is 275 g/mol. The quantitative estimate of drug-likeness (QED) is 0.891. The molecule has 0 bridgehead atoms. The molecule has 1 aliphatic heterocycles. The number of aromatic nitrogens is 2. The third kappa shape index (κ3) is 2.79. The monoisotopic (exact) mass is 274 g/mol. The predicted molar refractivity (Wildman–Crippen MR) is 74.2 cm³/mol. The number of methoxy groups -OCH3 is 1. The zero-order valence-corrected chi connectivity index (χ0v) is 12.3. The van der Waals surface area contributed by atoms with E-state index in [2.05, 4.69) is 16.9 Å². The number of halogens is 1. The van der Waals surface area contributed by atoms with Crippen LogP contribution in [-0.2, 0) is 13.6 Å². The Labute approximate surface area is 115 Å². The van der Waals surface area contributed by atoms with Crippen LogP contribution in [0, 0.1) is 12.8 Å². The van der Waals surface area contributed by atoms with Crippen LogP contribution >= 0.6 is 12.4 Å². The summed E-state index contributed by atoms with van der Waals surface area (Å²) < 4.78 is 7.20. The Bertz CT molecular complexity index is 397. The van der Waals surface area contributed by atoms with Crippen LogP contribution in [0.3, 0.4) is 0 Å². The van der Waals surface area contributed by atoms with Gasteiger partial charge in [0.1, 0.15) is 0 Å². The lowest BCUT2D eigenvalue weighted by Crippen LogP contribution is -2.28. The lowest BCUT2D eigenvalue weighted by atomic mass is 10.1. The summed E-state index contributed by atoms with van der Waals surface area (Å²) in [5.74, 6) is 1.42. The van der Waals surface area contributed by atoms with Gasteiger partial charge in [-0.05, 0) is 12.8 Å². The van der Waals surface area contributed by atoms with Crippen molar-refractivity contribution in [3.63, 3.8) is 0 Å². The maximum atomic E-state index is 6.04. The molecule has 6 heteroatoms. The maximum Gasteiger partial charge on any atom is 0.216 e. The Balaban J connectivity index is 0.00000162. The number of rotatable bonds is 3. The van der Waals surface area contributed by atoms with E-state index in [1.807, 2.05) is 14.0 Å². The summed E-state index contributed by atoms with van der Waals surface area (Å²) in [6.45, 7) is 7.12. The van der Waals surface area contributed by atoms with E-state index in [1.54, 1.807) is 11.8 Å². The van der Waals surface area contributed by atoms with Crippen molar-refractivity contribution in [2.24, 2.45) is 18.7 Å². The van der Waals surface area contributed by atoms with Crippen molar-refractivity contribution >= 4 is 12.4 Å². The van der Waals surface area contributed by atoms with E-state index in [0.717, 1.165) is 31.2 Å². The van der Waals surface area contributed by atoms with Gasteiger partial charge in [0.25, 0.3) is 0 Å². The minimum Gasteiger partial charge on any atom is -0.481 e. The third-order valence-electron chi connectivity index (χ3n) is 3.61. The maximum absolute atomic E-state index is 6.04. The first-order valence-corrected chi connectivity index (χ1v) is 6.07. The van der Waals surface area contributed by atoms with Crippen molar-refractivity contribution in [3.05, 3.63) is 11.3 Å². The van der Waals surface area contributed by atoms with Crippen LogP contribution in [-0.4, -0.2) is 40.9 Å². The number of likely N-dealkylation sites (tertiary alicyclic amines) is 1. The summed E-state index contributed by atoms with van der Waals surface area (Å²) in [6.07, 6.45) is 0. The summed E-state index contributed by atoms with van der Waals surface area (Å²) >= 11 is 0. The molecule has 104 valence electrons. The zero-order chi connectivity index (χ0) is 12.6. The summed E-state index contributed by atoms with van der Waals surface area (Å²) in [4.78, 5) is 2.38. The minimum atomic E-state index is 0. The van der Waals surface area contributed by atoms with Crippen molar-refractivity contribution in [1.82, 2.24) is 14.7 Å². The zero-order valence-electron chi connectivity index (χ0n) is 11.5. The number of nitrogens with zero attached hydrogens (tertiary/aromatic N) is 3. The Hall–Kier alpha value is -0.780. The van der Waals surface area contributed by atoms with Gasteiger partial charge >= 0.3 is 0 Å². The molecule has 1 aromatic rings. The molecule has 1 saturated heterocycles. The van der Waals surface area contributed by atoms with Crippen LogP contribution < -0.4 is 10.5 Å². The molecule has 0 spiro atoms. The van der Waals surface area contributed by atoms with Gasteiger partial charge < -0.3 is 10.5 Å². The van der Waals surface area contributed by atoms with Crippen molar-refractivity contribution < 1.29 is 4.74 Å². The minimum absolute atomic E-state index is 0. The first-order valence-electron chi connectivity index (χ1n) is 6.07. The highest BCUT2D eigenvalue weighted by Gasteiger charge is 2.28. The smallest absolute Gasteiger partial charge is 0.216 e. The molecule has 0 amide bonds. The molecule has 2 unspecified atom stereocenters. The summed E-state index contributed by atoms with van der Waals surface area (Å²) in [7, 11) is 3.60. The average Bonchev–Trinajstić information content (AvgIpc) is 2.70. The highest BCUT2D eigenvalue weighted by molar-refractivity contribution is 5.85. The van der Waals surface area contributed by atoms with Gasteiger partial charge in [-0.1, -0.05) is 6.92 Å². The molecule has 0 aliphatic carbocycles. The number of hydrogen-bond acceptors (Lipinski definition) is 4. The normalized spacial score (nSPS) is 24.1. The number of nitrogens with two attached hydrogens (primary N) is 1. The Morgan fingerprint density at radius 1 is 1.44 bits per heavy atom. The molecule has 2 heterocycles. The van der Waals surface area contributed by atoms with E-state index in [1.165, 1.54) is 5.56 Å². The Morgan fingerprint density at radius 2 is 2.11 bits per heavy atom. The predicted octanol–water partition coefficient (Wildman–Crippen LogP) is 0.938. The molecule has 2 rings (SSSR count). The van der Waals surface area contributed by atoms with E-state index in [4.69, 9.17) is 10.5 Å². The van der Waals surface area contributed by atoms with E-state index in [0.29, 0.717) is 5.92 Å². The van der Waals surface area contributed by atoms with Crippen molar-refractivity contribution in [2.75, 3.05) is 20.2 Å². The Kier molecular flexibility index (Phi) is 5.01. The van der Waals surface area contributed by atoms with Crippen LogP contribution in [0.2, 0.25) is 0 Å². The van der Waals surface area contributed by atoms with E-state index >= 15 is 0 Å². The lowest BCUT2D eigenvalue weighted by molar-refractivity contribution is 0.305. The van der Waals surface area contributed by atoms with Crippen molar-refractivity contribution in [3.8, 4) is 5.88 Å². The molecular formula is C12H23ClN4O. The number of hydrogen-bond donors (Lipinski definition) is 1. The van der Waals surface area contributed by atoms with Gasteiger partial charge in [-0.2, -0.15) is 5.10 Å². The first-order chi connectivity index (χ1) is 8.02. The fraction of sp³-hybridized carbons (Fsp3) is 0.750. The second-order valence-corrected chi connectivity index (χ2v) is 5.03. The summed E-state index contributed by atoms with van der Waals surface area (Å²) in [6, 6.07) is 0.290. The fourth-order valence-corrected chi connectivity index (χ4v) is 2.57. The van der Waals surface area contributed by atoms with Crippen LogP contribution in [0.25, 0.3) is 0 Å². The summed E-state index contributed by atoms with van der Waals surface area (Å²) in [5.41, 5.74) is 8.26. The lowest BCUT2D eigenvalue weighted by Gasteiger charge is -2.15. The second-order valence-electron chi connectivity index (χ2n) is 5.03. The highest BCUT2D eigenvalue weighted by Crippen LogP contribution is 2.25. The number of ether oxygens (including phenoxy) is 1. The van der Waals surface area contributed by atoms with Crippen LogP contribution in [0.1, 0.15) is 18.2 Å². The Morgan fingerprint density at radius 3 is 2.61 bits per heavy atom. The molecule has 0 aromatic carbocycles. The third-order valence-corrected chi connectivity index (χ3v) is 3.61. The standard InChI is InChI=1S/C12H22N4O.ClH/c1-8-5-16(7-11(8)13)6-10-9(2)14-15(3)12(10)17-4;/h8,11H,5-7,13H2,1-4H3;1H. The van der Waals surface area contributed by atoms with Crippen molar-refractivity contribution in [1.29, 1.82) is 0 Å². The van der Waals surface area contributed by atoms with Crippen LogP contribution in [0.5, 0.6) is 5.88 Å². The van der Waals surface area contributed by atoms with Gasteiger partial charge in [0.2, 0.25) is 5.88 Å². The van der Waals surface area contributed by atoms with Gasteiger partial charge in [-0.15, -0.1) is 12.4 Å². The largest absolute Gasteiger partial charge is 0.481 e. The van der Waals surface area contributed by atoms with Crippen LogP contribution in [0.15, 0.2) is 0 Å². The molecule has 1 fully saturated rings. The topological polar surface area (TPSA) is 56.3 Å². The number of aryl methyl sites for hydroxylation is 2. The molecule has 2 atom stereocenters. The SMILES string of the molecule is COc1c(CN2CC(C)C(N)C2)c(C)nn1C.Cl. The molecule has 0 radical (unpaired) electrons. The van der Waals surface area contributed by atoms with Gasteiger partial charge in [-0.3, -0.25) is 4.90 Å². The van der Waals surface area contributed by atoms with E-state index < -0.39 is 0 Å². The van der Waals surface area contributed by atoms with Gasteiger partial charge in [0.15, 0.2) is 0 Å². The molecule has 18 heavy (non-hydrogen) atoms. The molecular weight excluding hydrogens is 252 g/mol. The van der Waals surface area contributed by atoms with Gasteiger partial charge in [-0.25, -0.2) is 4.68 Å². The van der Waals surface area contributed by atoms with Crippen molar-refractivity contribution in [2.45, 2.75) is 26.4 Å². The second kappa shape index (κ2) is 5.91. The van der Waals surface area contributed by atoms with E-state index in [9.17, 15) is 0 Å². The fourth-order valence-electron chi connectivity index (χ4n) is 2.57. The molecule has 1 aliphatic rings.